The molecule has 234 valence electrons. The van der Waals surface area contributed by atoms with Crippen LogP contribution >= 0.6 is 0 Å². The number of benzene rings is 3. The summed E-state index contributed by atoms with van der Waals surface area (Å²) in [6.45, 7) is 9.22. The molecule has 0 aromatic heterocycles. The summed E-state index contributed by atoms with van der Waals surface area (Å²) >= 11 is 0. The predicted octanol–water partition coefficient (Wildman–Crippen LogP) is 4.78. The van der Waals surface area contributed by atoms with Crippen molar-refractivity contribution >= 4 is 37.6 Å². The Kier molecular flexibility index (Phi) is 8.65. The maximum Gasteiger partial charge on any atom is 0.487 e. The lowest BCUT2D eigenvalue weighted by molar-refractivity contribution is -0.140. The van der Waals surface area contributed by atoms with Gasteiger partial charge in [-0.15, -0.1) is 0 Å². The molecule has 0 radical (unpaired) electrons. The Bertz CT molecular complexity index is 1550. The van der Waals surface area contributed by atoms with Gasteiger partial charge in [-0.1, -0.05) is 100 Å². The van der Waals surface area contributed by atoms with Gasteiger partial charge in [-0.25, -0.2) is 0 Å². The van der Waals surface area contributed by atoms with Crippen molar-refractivity contribution in [2.75, 3.05) is 13.2 Å². The van der Waals surface area contributed by atoms with Crippen molar-refractivity contribution in [1.29, 1.82) is 0 Å². The molecular weight excluding hydrogens is 581 g/mol. The number of phenolic OH excluding ortho intramolecular Hbond substituents is 1. The van der Waals surface area contributed by atoms with Gasteiger partial charge in [-0.3, -0.25) is 14.5 Å². The summed E-state index contributed by atoms with van der Waals surface area (Å²) in [4.78, 5) is 29.0. The molecule has 4 atom stereocenters. The first kappa shape index (κ1) is 31.5. The number of nitrogens with zero attached hydrogens (tertiary/aromatic N) is 1. The number of amides is 2. The molecule has 6 rings (SSSR count). The van der Waals surface area contributed by atoms with Crippen molar-refractivity contribution in [3.63, 3.8) is 0 Å². The second-order valence-corrected chi connectivity index (χ2v) is 17.9. The third kappa shape index (κ3) is 5.50. The first-order chi connectivity index (χ1) is 21.6. The Hall–Kier alpha value is -3.50. The lowest BCUT2D eigenvalue weighted by Crippen LogP contribution is -2.66. The highest BCUT2D eigenvalue weighted by molar-refractivity contribution is 6.99. The molecule has 3 aromatic carbocycles. The minimum Gasteiger partial charge on any atom is -0.508 e. The highest BCUT2D eigenvalue weighted by Gasteiger charge is 2.58. The van der Waals surface area contributed by atoms with Crippen molar-refractivity contribution in [3.8, 4) is 5.75 Å². The topological polar surface area (TPSA) is 96.3 Å². The number of phenols is 1. The van der Waals surface area contributed by atoms with Crippen molar-refractivity contribution < 1.29 is 28.8 Å². The van der Waals surface area contributed by atoms with E-state index in [0.29, 0.717) is 31.3 Å². The van der Waals surface area contributed by atoms with E-state index in [4.69, 9.17) is 9.08 Å². The predicted molar refractivity (Wildman–Crippen MR) is 177 cm³/mol. The van der Waals surface area contributed by atoms with Crippen LogP contribution in [0.15, 0.2) is 96.0 Å². The molecule has 9 heteroatoms. The summed E-state index contributed by atoms with van der Waals surface area (Å²) in [5.41, 5.74) is 2.24. The number of aromatic hydroxyl groups is 1. The van der Waals surface area contributed by atoms with E-state index < -0.39 is 39.3 Å². The van der Waals surface area contributed by atoms with Crippen LogP contribution in [-0.4, -0.2) is 55.4 Å². The SMILES string of the molecule is CCCN1C(=O)[C@H]2[C@H](CC(CO[Si](c3ccccc3)(c3ccccc3)C(C)(C)C)=C3B(O)O[C@H](c4cccc(O)c4)C[C@H]32)C1=O. The smallest absolute Gasteiger partial charge is 0.487 e. The molecule has 2 N–H and O–H groups in total. The van der Waals surface area contributed by atoms with Crippen molar-refractivity contribution in [3.05, 3.63) is 102 Å². The summed E-state index contributed by atoms with van der Waals surface area (Å²) in [6, 6.07) is 27.6. The minimum absolute atomic E-state index is 0.106. The number of imide groups is 1. The molecule has 45 heavy (non-hydrogen) atoms. The Morgan fingerprint density at radius 3 is 2.16 bits per heavy atom. The van der Waals surface area contributed by atoms with Crippen molar-refractivity contribution in [2.24, 2.45) is 17.8 Å². The Labute approximate surface area is 267 Å². The highest BCUT2D eigenvalue weighted by Crippen LogP contribution is 2.52. The molecule has 2 fully saturated rings. The molecule has 2 saturated heterocycles. The fourth-order valence-electron chi connectivity index (χ4n) is 7.95. The molecule has 2 heterocycles. The van der Waals surface area contributed by atoms with Gasteiger partial charge in [0.05, 0.1) is 24.5 Å². The van der Waals surface area contributed by atoms with E-state index in [0.717, 1.165) is 21.5 Å². The van der Waals surface area contributed by atoms with E-state index in [1.165, 1.54) is 4.90 Å². The van der Waals surface area contributed by atoms with Gasteiger partial charge in [0.2, 0.25) is 11.8 Å². The number of hydrogen-bond donors (Lipinski definition) is 2. The Balaban J connectivity index is 1.44. The molecule has 1 aliphatic carbocycles. The second-order valence-electron chi connectivity index (χ2n) is 13.6. The van der Waals surface area contributed by atoms with Crippen molar-refractivity contribution in [1.82, 2.24) is 4.90 Å². The van der Waals surface area contributed by atoms with Crippen LogP contribution in [-0.2, 0) is 18.7 Å². The molecule has 2 amide bonds. The van der Waals surface area contributed by atoms with E-state index in [1.807, 2.05) is 49.4 Å². The molecule has 2 aliphatic heterocycles. The van der Waals surface area contributed by atoms with Gasteiger partial charge >= 0.3 is 7.12 Å². The molecule has 0 bridgehead atoms. The number of fused-ring (bicyclic) bond motifs is 3. The lowest BCUT2D eigenvalue weighted by Gasteiger charge is -2.45. The third-order valence-electron chi connectivity index (χ3n) is 9.87. The van der Waals surface area contributed by atoms with Gasteiger partial charge < -0.3 is 19.2 Å². The fraction of sp³-hybridized carbons (Fsp3) is 0.389. The molecule has 0 unspecified atom stereocenters. The van der Waals surface area contributed by atoms with Crippen molar-refractivity contribution in [2.45, 2.75) is 58.1 Å². The monoisotopic (exact) mass is 623 g/mol. The number of allylic oxidation sites excluding steroid dienone is 1. The zero-order valence-electron chi connectivity index (χ0n) is 26.5. The highest BCUT2D eigenvalue weighted by atomic mass is 28.4. The molecule has 3 aliphatic rings. The summed E-state index contributed by atoms with van der Waals surface area (Å²) < 4.78 is 13.5. The number of rotatable bonds is 8. The van der Waals surface area contributed by atoms with Crippen LogP contribution in [0.25, 0.3) is 0 Å². The van der Waals surface area contributed by atoms with Crippen LogP contribution in [0.4, 0.5) is 0 Å². The Morgan fingerprint density at radius 2 is 1.58 bits per heavy atom. The van der Waals surface area contributed by atoms with Gasteiger partial charge in [-0.05, 0) is 69.3 Å². The maximum absolute atomic E-state index is 13.8. The minimum atomic E-state index is -2.92. The normalized spacial score (nSPS) is 23.8. The second kappa shape index (κ2) is 12.4. The average Bonchev–Trinajstić information content (AvgIpc) is 3.26. The molecule has 3 aromatic rings. The van der Waals surface area contributed by atoms with Crippen LogP contribution in [0.1, 0.15) is 58.6 Å². The quantitative estimate of drug-likeness (QED) is 0.277. The van der Waals surface area contributed by atoms with E-state index in [1.54, 1.807) is 18.2 Å². The summed E-state index contributed by atoms with van der Waals surface area (Å²) in [5, 5.41) is 23.8. The zero-order valence-corrected chi connectivity index (χ0v) is 27.5. The van der Waals surface area contributed by atoms with E-state index in [9.17, 15) is 19.7 Å². The molecule has 0 spiro atoms. The summed E-state index contributed by atoms with van der Waals surface area (Å²) in [5.74, 6) is -1.65. The summed E-state index contributed by atoms with van der Waals surface area (Å²) in [7, 11) is -4.19. The standard InChI is InChI=1S/C36H42BNO6Si/c1-5-19-38-34(40)30-21-25(23-43-45(36(2,3)4,27-15-8-6-9-16-27)28-17-10-7-11-18-28)33-29(32(30)35(38)41)22-31(44-37(33)42)24-13-12-14-26(39)20-24/h6-18,20,29-32,39,42H,5,19,21-23H2,1-4H3/t29-,30-,31-,32+/m0/s1. The van der Waals surface area contributed by atoms with Crippen LogP contribution in [0, 0.1) is 17.8 Å². The number of hydrogen-bond acceptors (Lipinski definition) is 6. The van der Waals surface area contributed by atoms with Crippen LogP contribution in [0.5, 0.6) is 5.75 Å². The Morgan fingerprint density at radius 1 is 0.933 bits per heavy atom. The third-order valence-corrected chi connectivity index (χ3v) is 14.9. The number of likely N-dealkylation sites (tertiary alicyclic amines) is 1. The van der Waals surface area contributed by atoms with E-state index >= 15 is 0 Å². The van der Waals surface area contributed by atoms with Gasteiger partial charge in [-0.2, -0.15) is 0 Å². The van der Waals surface area contributed by atoms with Gasteiger partial charge in [0.25, 0.3) is 8.32 Å². The van der Waals surface area contributed by atoms with Gasteiger partial charge in [0, 0.05) is 6.54 Å². The van der Waals surface area contributed by atoms with Gasteiger partial charge in [0.15, 0.2) is 0 Å². The fourth-order valence-corrected chi connectivity index (χ4v) is 12.5. The first-order valence-corrected chi connectivity index (χ1v) is 17.9. The summed E-state index contributed by atoms with van der Waals surface area (Å²) in [6.07, 6.45) is 0.903. The maximum atomic E-state index is 13.8. The molecular formula is C36H42BNO6Si. The van der Waals surface area contributed by atoms with Gasteiger partial charge in [0.1, 0.15) is 5.75 Å². The van der Waals surface area contributed by atoms with Crippen LogP contribution in [0.2, 0.25) is 5.04 Å². The average molecular weight is 624 g/mol. The number of carbonyl (C=O) groups is 2. The largest absolute Gasteiger partial charge is 0.508 e. The molecule has 0 saturated carbocycles. The molecule has 7 nitrogen and oxygen atoms in total. The number of carbonyl (C=O) groups excluding carboxylic acids is 2. The zero-order chi connectivity index (χ0) is 31.9. The van der Waals surface area contributed by atoms with E-state index in [-0.39, 0.29) is 29.2 Å². The lowest BCUT2D eigenvalue weighted by atomic mass is 9.55. The van der Waals surface area contributed by atoms with Crippen LogP contribution < -0.4 is 10.4 Å². The van der Waals surface area contributed by atoms with Crippen LogP contribution in [0.3, 0.4) is 0 Å². The van der Waals surface area contributed by atoms with E-state index in [2.05, 4.69) is 45.0 Å². The first-order valence-electron chi connectivity index (χ1n) is 16.0.